The number of anilines is 1. The highest BCUT2D eigenvalue weighted by Gasteiger charge is 2.20. The van der Waals surface area contributed by atoms with Crippen LogP contribution in [0.25, 0.3) is 0 Å². The summed E-state index contributed by atoms with van der Waals surface area (Å²) in [5, 5.41) is 0. The van der Waals surface area contributed by atoms with Crippen LogP contribution in [0, 0.1) is 0 Å². The maximum absolute atomic E-state index is 12.4. The molecule has 1 fully saturated rings. The van der Waals surface area contributed by atoms with Gasteiger partial charge in [0.2, 0.25) is 5.91 Å². The minimum Gasteiger partial charge on any atom is -0.497 e. The van der Waals surface area contributed by atoms with E-state index in [0.717, 1.165) is 44.1 Å². The van der Waals surface area contributed by atoms with Crippen molar-refractivity contribution < 1.29 is 14.3 Å². The van der Waals surface area contributed by atoms with Crippen molar-refractivity contribution in [3.8, 4) is 11.5 Å². The van der Waals surface area contributed by atoms with E-state index in [1.165, 1.54) is 5.69 Å². The molecule has 2 aromatic rings. The second kappa shape index (κ2) is 9.13. The first-order chi connectivity index (χ1) is 12.8. The Hall–Kier alpha value is -2.69. The molecule has 1 saturated heterocycles. The minimum atomic E-state index is 0.219. The van der Waals surface area contributed by atoms with Gasteiger partial charge in [0.1, 0.15) is 11.5 Å². The molecule has 3 rings (SSSR count). The summed E-state index contributed by atoms with van der Waals surface area (Å²) in [5.74, 6) is 1.93. The lowest BCUT2D eigenvalue weighted by atomic mass is 10.2. The summed E-state index contributed by atoms with van der Waals surface area (Å²) in [6, 6.07) is 17.8. The Bertz CT molecular complexity index is 680. The lowest BCUT2D eigenvalue weighted by molar-refractivity contribution is -0.131. The molecule has 1 aliphatic heterocycles. The molecule has 5 nitrogen and oxygen atoms in total. The van der Waals surface area contributed by atoms with Gasteiger partial charge in [0.15, 0.2) is 0 Å². The Kier molecular flexibility index (Phi) is 6.36. The number of para-hydroxylation sites is 1. The predicted molar refractivity (Wildman–Crippen MR) is 103 cm³/mol. The van der Waals surface area contributed by atoms with Crippen LogP contribution in [0.15, 0.2) is 54.6 Å². The fraction of sp³-hybridized carbons (Fsp3) is 0.381. The molecule has 138 valence electrons. The number of methoxy groups -OCH3 is 1. The Balaban J connectivity index is 1.37. The second-order valence-corrected chi connectivity index (χ2v) is 6.33. The summed E-state index contributed by atoms with van der Waals surface area (Å²) in [5.41, 5.74) is 1.18. The highest BCUT2D eigenvalue weighted by molar-refractivity contribution is 5.76. The number of hydrogen-bond acceptors (Lipinski definition) is 4. The first-order valence-corrected chi connectivity index (χ1v) is 9.11. The van der Waals surface area contributed by atoms with Gasteiger partial charge in [-0.2, -0.15) is 0 Å². The molecular formula is C21H26N2O3. The fourth-order valence-corrected chi connectivity index (χ4v) is 3.10. The number of hydrogen-bond donors (Lipinski definition) is 0. The standard InChI is InChI=1S/C21H26N2O3/c1-25-19-11-9-18(10-12-19)22-13-15-23(16-14-22)21(24)8-5-17-26-20-6-3-2-4-7-20/h2-4,6-7,9-12H,5,8,13-17H2,1H3. The highest BCUT2D eigenvalue weighted by atomic mass is 16.5. The van der Waals surface area contributed by atoms with Gasteiger partial charge in [0, 0.05) is 38.3 Å². The molecule has 1 aliphatic rings. The molecule has 0 saturated carbocycles. The van der Waals surface area contributed by atoms with Gasteiger partial charge < -0.3 is 19.3 Å². The summed E-state index contributed by atoms with van der Waals surface area (Å²) in [6.45, 7) is 3.83. The summed E-state index contributed by atoms with van der Waals surface area (Å²) in [4.78, 5) is 16.6. The van der Waals surface area contributed by atoms with E-state index in [1.807, 2.05) is 47.4 Å². The number of ether oxygens (including phenoxy) is 2. The van der Waals surface area contributed by atoms with Crippen LogP contribution in [-0.4, -0.2) is 50.7 Å². The Morgan fingerprint density at radius 3 is 2.27 bits per heavy atom. The van der Waals surface area contributed by atoms with Crippen molar-refractivity contribution in [2.75, 3.05) is 44.8 Å². The Morgan fingerprint density at radius 1 is 0.923 bits per heavy atom. The molecule has 0 radical (unpaired) electrons. The van der Waals surface area contributed by atoms with Gasteiger partial charge in [0.25, 0.3) is 0 Å². The first kappa shape index (κ1) is 18.1. The van der Waals surface area contributed by atoms with E-state index in [0.29, 0.717) is 13.0 Å². The number of carbonyl (C=O) groups is 1. The SMILES string of the molecule is COc1ccc(N2CCN(C(=O)CCCOc3ccccc3)CC2)cc1. The Labute approximate surface area is 155 Å². The van der Waals surface area contributed by atoms with Gasteiger partial charge in [-0.25, -0.2) is 0 Å². The monoisotopic (exact) mass is 354 g/mol. The van der Waals surface area contributed by atoms with Crippen LogP contribution in [0.5, 0.6) is 11.5 Å². The van der Waals surface area contributed by atoms with E-state index < -0.39 is 0 Å². The van der Waals surface area contributed by atoms with E-state index >= 15 is 0 Å². The number of amides is 1. The molecular weight excluding hydrogens is 328 g/mol. The molecule has 1 heterocycles. The van der Waals surface area contributed by atoms with Crippen molar-refractivity contribution in [3.05, 3.63) is 54.6 Å². The van der Waals surface area contributed by atoms with Gasteiger partial charge in [0.05, 0.1) is 13.7 Å². The first-order valence-electron chi connectivity index (χ1n) is 9.11. The quantitative estimate of drug-likeness (QED) is 0.716. The van der Waals surface area contributed by atoms with Crippen LogP contribution in [0.1, 0.15) is 12.8 Å². The molecule has 0 bridgehead atoms. The molecule has 1 amide bonds. The van der Waals surface area contributed by atoms with E-state index in [4.69, 9.17) is 9.47 Å². The van der Waals surface area contributed by atoms with Crippen LogP contribution < -0.4 is 14.4 Å². The van der Waals surface area contributed by atoms with Gasteiger partial charge in [-0.3, -0.25) is 4.79 Å². The zero-order valence-electron chi connectivity index (χ0n) is 15.3. The number of carbonyl (C=O) groups excluding carboxylic acids is 1. The second-order valence-electron chi connectivity index (χ2n) is 6.33. The largest absolute Gasteiger partial charge is 0.497 e. The van der Waals surface area contributed by atoms with Crippen molar-refractivity contribution in [1.82, 2.24) is 4.90 Å². The summed E-state index contributed by atoms with van der Waals surface area (Å²) >= 11 is 0. The molecule has 0 aromatic heterocycles. The third kappa shape index (κ3) is 4.91. The number of benzene rings is 2. The average Bonchev–Trinajstić information content (AvgIpc) is 2.72. The van der Waals surface area contributed by atoms with Gasteiger partial charge in [-0.05, 0) is 42.8 Å². The van der Waals surface area contributed by atoms with E-state index in [9.17, 15) is 4.79 Å². The number of rotatable bonds is 7. The van der Waals surface area contributed by atoms with E-state index in [1.54, 1.807) is 7.11 Å². The molecule has 26 heavy (non-hydrogen) atoms. The van der Waals surface area contributed by atoms with Crippen molar-refractivity contribution in [2.45, 2.75) is 12.8 Å². The van der Waals surface area contributed by atoms with Crippen molar-refractivity contribution >= 4 is 11.6 Å². The zero-order chi connectivity index (χ0) is 18.2. The van der Waals surface area contributed by atoms with Crippen molar-refractivity contribution in [3.63, 3.8) is 0 Å². The predicted octanol–water partition coefficient (Wildman–Crippen LogP) is 3.20. The maximum Gasteiger partial charge on any atom is 0.222 e. The van der Waals surface area contributed by atoms with Gasteiger partial charge in [-0.15, -0.1) is 0 Å². The molecule has 0 N–H and O–H groups in total. The van der Waals surface area contributed by atoms with Crippen LogP contribution >= 0.6 is 0 Å². The van der Waals surface area contributed by atoms with Crippen LogP contribution in [0.3, 0.4) is 0 Å². The van der Waals surface area contributed by atoms with Crippen molar-refractivity contribution in [2.24, 2.45) is 0 Å². The number of nitrogens with zero attached hydrogens (tertiary/aromatic N) is 2. The summed E-state index contributed by atoms with van der Waals surface area (Å²) in [6.07, 6.45) is 1.28. The lowest BCUT2D eigenvalue weighted by Gasteiger charge is -2.36. The maximum atomic E-state index is 12.4. The van der Waals surface area contributed by atoms with Crippen LogP contribution in [0.4, 0.5) is 5.69 Å². The number of piperazine rings is 1. The van der Waals surface area contributed by atoms with E-state index in [-0.39, 0.29) is 5.91 Å². The Morgan fingerprint density at radius 2 is 1.62 bits per heavy atom. The molecule has 5 heteroatoms. The normalized spacial score (nSPS) is 14.2. The van der Waals surface area contributed by atoms with Gasteiger partial charge in [-0.1, -0.05) is 18.2 Å². The molecule has 0 aliphatic carbocycles. The zero-order valence-corrected chi connectivity index (χ0v) is 15.3. The molecule has 0 atom stereocenters. The topological polar surface area (TPSA) is 42.0 Å². The van der Waals surface area contributed by atoms with Crippen LogP contribution in [0.2, 0.25) is 0 Å². The molecule has 0 spiro atoms. The molecule has 2 aromatic carbocycles. The summed E-state index contributed by atoms with van der Waals surface area (Å²) in [7, 11) is 1.67. The lowest BCUT2D eigenvalue weighted by Crippen LogP contribution is -2.48. The average molecular weight is 354 g/mol. The molecule has 0 unspecified atom stereocenters. The smallest absolute Gasteiger partial charge is 0.222 e. The van der Waals surface area contributed by atoms with Crippen LogP contribution in [-0.2, 0) is 4.79 Å². The third-order valence-corrected chi connectivity index (χ3v) is 4.62. The van der Waals surface area contributed by atoms with E-state index in [2.05, 4.69) is 17.0 Å². The highest BCUT2D eigenvalue weighted by Crippen LogP contribution is 2.20. The van der Waals surface area contributed by atoms with Gasteiger partial charge >= 0.3 is 0 Å². The van der Waals surface area contributed by atoms with Crippen molar-refractivity contribution in [1.29, 1.82) is 0 Å². The third-order valence-electron chi connectivity index (χ3n) is 4.62. The minimum absolute atomic E-state index is 0.219. The fourth-order valence-electron chi connectivity index (χ4n) is 3.10. The summed E-state index contributed by atoms with van der Waals surface area (Å²) < 4.78 is 10.8.